The second-order valence-corrected chi connectivity index (χ2v) is 7.49. The van der Waals surface area contributed by atoms with Gasteiger partial charge in [-0.15, -0.1) is 0 Å². The minimum absolute atomic E-state index is 0.0976. The van der Waals surface area contributed by atoms with Crippen LogP contribution in [-0.2, 0) is 0 Å². The molecule has 5 heteroatoms. The minimum Gasteiger partial charge on any atom is -0.488 e. The predicted octanol–water partition coefficient (Wildman–Crippen LogP) is 4.38. The third-order valence-electron chi connectivity index (χ3n) is 5.66. The van der Waals surface area contributed by atoms with E-state index in [1.54, 1.807) is 0 Å². The molecule has 0 unspecified atom stereocenters. The second-order valence-electron chi connectivity index (χ2n) is 7.08. The highest BCUT2D eigenvalue weighted by atomic mass is 35.5. The number of carboxylic acids is 1. The smallest absolute Gasteiger partial charge is 0.338 e. The number of halogens is 2. The predicted molar refractivity (Wildman–Crippen MR) is 79.8 cm³/mol. The van der Waals surface area contributed by atoms with Crippen LogP contribution >= 0.6 is 11.6 Å². The van der Waals surface area contributed by atoms with Crippen molar-refractivity contribution in [1.82, 2.24) is 0 Å². The summed E-state index contributed by atoms with van der Waals surface area (Å²) < 4.78 is 19.9. The Kier molecular flexibility index (Phi) is 3.33. The van der Waals surface area contributed by atoms with E-state index in [0.29, 0.717) is 11.8 Å². The van der Waals surface area contributed by atoms with Gasteiger partial charge in [0, 0.05) is 6.07 Å². The maximum absolute atomic E-state index is 13.9. The van der Waals surface area contributed by atoms with Crippen LogP contribution in [0.5, 0.6) is 5.75 Å². The summed E-state index contributed by atoms with van der Waals surface area (Å²) in [6.07, 6.45) is 6.26. The van der Waals surface area contributed by atoms with Crippen molar-refractivity contribution in [2.24, 2.45) is 23.7 Å². The lowest BCUT2D eigenvalue weighted by atomic mass is 9.55. The van der Waals surface area contributed by atoms with Crippen molar-refractivity contribution >= 4 is 17.6 Å². The van der Waals surface area contributed by atoms with Crippen molar-refractivity contribution < 1.29 is 19.0 Å². The quantitative estimate of drug-likeness (QED) is 0.897. The third kappa shape index (κ3) is 2.28. The molecular weight excluding hydrogens is 307 g/mol. The molecule has 1 aromatic rings. The van der Waals surface area contributed by atoms with Gasteiger partial charge >= 0.3 is 5.97 Å². The van der Waals surface area contributed by atoms with Crippen molar-refractivity contribution in [2.45, 2.75) is 38.2 Å². The molecule has 4 fully saturated rings. The average Bonchev–Trinajstić information content (AvgIpc) is 2.44. The topological polar surface area (TPSA) is 46.5 Å². The van der Waals surface area contributed by atoms with Crippen molar-refractivity contribution in [3.8, 4) is 5.75 Å². The number of aromatic carboxylic acids is 1. The van der Waals surface area contributed by atoms with Gasteiger partial charge in [0.05, 0.1) is 10.6 Å². The summed E-state index contributed by atoms with van der Waals surface area (Å²) in [7, 11) is 0. The van der Waals surface area contributed by atoms with E-state index in [2.05, 4.69) is 0 Å². The molecule has 4 aliphatic rings. The zero-order chi connectivity index (χ0) is 15.4. The van der Waals surface area contributed by atoms with Crippen LogP contribution in [0.4, 0.5) is 4.39 Å². The number of carboxylic acid groups (broad SMARTS) is 1. The molecule has 0 radical (unpaired) electrons. The summed E-state index contributed by atoms with van der Waals surface area (Å²) in [5.74, 6) is 0.912. The fourth-order valence-corrected chi connectivity index (χ4v) is 5.21. The number of ether oxygens (including phenoxy) is 1. The van der Waals surface area contributed by atoms with E-state index in [4.69, 9.17) is 21.4 Å². The molecule has 0 atom stereocenters. The van der Waals surface area contributed by atoms with Gasteiger partial charge in [0.15, 0.2) is 0 Å². The van der Waals surface area contributed by atoms with E-state index in [0.717, 1.165) is 24.0 Å². The van der Waals surface area contributed by atoms with Crippen molar-refractivity contribution in [3.05, 3.63) is 28.5 Å². The molecule has 0 heterocycles. The standard InChI is InChI=1S/C17H18ClFO3/c18-13-6-12(17(20)21)14(19)7-15(13)22-16-10-2-8-1-9(4-10)5-11(16)3-8/h6-11,16H,1-5H2,(H,20,21). The van der Waals surface area contributed by atoms with Crippen LogP contribution in [0.25, 0.3) is 0 Å². The zero-order valence-electron chi connectivity index (χ0n) is 12.1. The fraction of sp³-hybridized carbons (Fsp3) is 0.588. The lowest BCUT2D eigenvalue weighted by Crippen LogP contribution is -2.50. The monoisotopic (exact) mass is 324 g/mol. The van der Waals surface area contributed by atoms with Gasteiger partial charge in [-0.3, -0.25) is 0 Å². The first-order valence-corrected chi connectivity index (χ1v) is 8.28. The number of rotatable bonds is 3. The largest absolute Gasteiger partial charge is 0.488 e. The summed E-state index contributed by atoms with van der Waals surface area (Å²) in [5.41, 5.74) is -0.414. The molecule has 0 amide bonds. The van der Waals surface area contributed by atoms with Gasteiger partial charge in [-0.2, -0.15) is 0 Å². The third-order valence-corrected chi connectivity index (χ3v) is 5.95. The summed E-state index contributed by atoms with van der Waals surface area (Å²) in [6, 6.07) is 2.27. The molecule has 1 aromatic carbocycles. The van der Waals surface area contributed by atoms with Gasteiger partial charge in [0.1, 0.15) is 17.7 Å². The Morgan fingerprint density at radius 2 is 1.73 bits per heavy atom. The van der Waals surface area contributed by atoms with Crippen LogP contribution in [-0.4, -0.2) is 17.2 Å². The number of hydrogen-bond acceptors (Lipinski definition) is 2. The maximum atomic E-state index is 13.9. The molecule has 5 rings (SSSR count). The highest BCUT2D eigenvalue weighted by molar-refractivity contribution is 6.32. The fourth-order valence-electron chi connectivity index (χ4n) is 5.00. The molecule has 118 valence electrons. The van der Waals surface area contributed by atoms with Crippen LogP contribution in [0.3, 0.4) is 0 Å². The highest BCUT2D eigenvalue weighted by Crippen LogP contribution is 2.54. The zero-order valence-corrected chi connectivity index (χ0v) is 12.9. The Hall–Kier alpha value is -1.29. The number of benzene rings is 1. The molecule has 4 bridgehead atoms. The molecule has 1 N–H and O–H groups in total. The molecule has 0 spiro atoms. The van der Waals surface area contributed by atoms with Crippen LogP contribution in [0.15, 0.2) is 12.1 Å². The summed E-state index contributed by atoms with van der Waals surface area (Å²) in [4.78, 5) is 10.9. The summed E-state index contributed by atoms with van der Waals surface area (Å²) >= 11 is 6.10. The maximum Gasteiger partial charge on any atom is 0.338 e. The molecule has 0 saturated heterocycles. The average molecular weight is 325 g/mol. The highest BCUT2D eigenvalue weighted by Gasteiger charge is 2.49. The van der Waals surface area contributed by atoms with Gasteiger partial charge in [0.25, 0.3) is 0 Å². The second kappa shape index (κ2) is 5.12. The molecule has 0 aromatic heterocycles. The first kappa shape index (κ1) is 14.3. The van der Waals surface area contributed by atoms with E-state index < -0.39 is 17.3 Å². The van der Waals surface area contributed by atoms with E-state index in [1.807, 2.05) is 0 Å². The van der Waals surface area contributed by atoms with E-state index >= 15 is 0 Å². The van der Waals surface area contributed by atoms with Crippen molar-refractivity contribution in [1.29, 1.82) is 0 Å². The van der Waals surface area contributed by atoms with Crippen LogP contribution in [0, 0.1) is 29.5 Å². The van der Waals surface area contributed by atoms with Gasteiger partial charge in [0.2, 0.25) is 0 Å². The van der Waals surface area contributed by atoms with Gasteiger partial charge in [-0.05, 0) is 61.8 Å². The van der Waals surface area contributed by atoms with Crippen LogP contribution in [0.1, 0.15) is 42.5 Å². The SMILES string of the molecule is O=C(O)c1cc(Cl)c(OC2C3CC4CC(C3)CC2C4)cc1F. The summed E-state index contributed by atoms with van der Waals surface area (Å²) in [5, 5.41) is 9.10. The number of carbonyl (C=O) groups is 1. The first-order valence-electron chi connectivity index (χ1n) is 7.90. The lowest BCUT2D eigenvalue weighted by molar-refractivity contribution is -0.0790. The van der Waals surface area contributed by atoms with E-state index in [9.17, 15) is 9.18 Å². The first-order chi connectivity index (χ1) is 10.5. The Bertz CT molecular complexity index is 603. The lowest BCUT2D eigenvalue weighted by Gasteiger charge is -2.53. The molecule has 4 saturated carbocycles. The molecular formula is C17H18ClFO3. The van der Waals surface area contributed by atoms with Crippen molar-refractivity contribution in [2.75, 3.05) is 0 Å². The minimum atomic E-state index is -1.32. The Morgan fingerprint density at radius 3 is 2.27 bits per heavy atom. The van der Waals surface area contributed by atoms with E-state index in [-0.39, 0.29) is 16.9 Å². The summed E-state index contributed by atoms with van der Waals surface area (Å²) in [6.45, 7) is 0. The van der Waals surface area contributed by atoms with Crippen molar-refractivity contribution in [3.63, 3.8) is 0 Å². The van der Waals surface area contributed by atoms with Gasteiger partial charge < -0.3 is 9.84 Å². The molecule has 3 nitrogen and oxygen atoms in total. The van der Waals surface area contributed by atoms with Gasteiger partial charge in [-0.25, -0.2) is 9.18 Å². The Balaban J connectivity index is 1.59. The van der Waals surface area contributed by atoms with Gasteiger partial charge in [-0.1, -0.05) is 11.6 Å². The molecule has 22 heavy (non-hydrogen) atoms. The normalized spacial score (nSPS) is 35.6. The number of hydrogen-bond donors (Lipinski definition) is 1. The molecule has 0 aliphatic heterocycles. The van der Waals surface area contributed by atoms with E-state index in [1.165, 1.54) is 32.1 Å². The van der Waals surface area contributed by atoms with Crippen LogP contribution < -0.4 is 4.74 Å². The Labute approximate surface area is 133 Å². The van der Waals surface area contributed by atoms with Crippen LogP contribution in [0.2, 0.25) is 5.02 Å². The Morgan fingerprint density at radius 1 is 1.14 bits per heavy atom. The molecule has 4 aliphatic carbocycles.